The molecule has 10 heteroatoms. The van der Waals surface area contributed by atoms with Crippen LogP contribution in [0.15, 0.2) is 30.3 Å². The van der Waals surface area contributed by atoms with Crippen molar-refractivity contribution in [3.05, 3.63) is 35.9 Å². The van der Waals surface area contributed by atoms with Gasteiger partial charge in [0, 0.05) is 6.42 Å². The summed E-state index contributed by atoms with van der Waals surface area (Å²) < 4.78 is 22.7. The standard InChI is InChI=1S/C25H27NO9/c1-22(2,3)24(31)9-15-23(10-16(27)33-15)21(30)35-20-25(23,24)17(18(28)26(20)14-11-32-12-14)34-19(29)13-7-5-4-6-8-13/h4-8,14-15,17,20,31H,9-12H2,1-3H3/t15-,17-,20-,23-,24+,25+/m0/s1. The van der Waals surface area contributed by atoms with Crippen molar-refractivity contribution in [2.45, 2.75) is 63.7 Å². The summed E-state index contributed by atoms with van der Waals surface area (Å²) in [5.41, 5.74) is -5.90. The number of nitrogens with zero attached hydrogens (tertiary/aromatic N) is 1. The van der Waals surface area contributed by atoms with Gasteiger partial charge in [-0.05, 0) is 17.5 Å². The number of ether oxygens (including phenoxy) is 4. The Hall–Kier alpha value is -2.98. The first-order valence-corrected chi connectivity index (χ1v) is 11.8. The molecule has 1 saturated carbocycles. The lowest BCUT2D eigenvalue weighted by atomic mass is 9.52. The summed E-state index contributed by atoms with van der Waals surface area (Å²) in [5.74, 6) is -2.70. The molecule has 1 N–H and O–H groups in total. The van der Waals surface area contributed by atoms with Crippen molar-refractivity contribution in [1.82, 2.24) is 4.90 Å². The van der Waals surface area contributed by atoms with E-state index in [0.717, 1.165) is 0 Å². The zero-order valence-electron chi connectivity index (χ0n) is 19.7. The first kappa shape index (κ1) is 22.5. The number of hydrogen-bond donors (Lipinski definition) is 1. The van der Waals surface area contributed by atoms with Crippen LogP contribution in [-0.2, 0) is 33.3 Å². The number of benzene rings is 1. The van der Waals surface area contributed by atoms with Gasteiger partial charge in [-0.1, -0.05) is 39.0 Å². The van der Waals surface area contributed by atoms with Crippen molar-refractivity contribution in [3.8, 4) is 0 Å². The number of carbonyl (C=O) groups excluding carboxylic acids is 4. The predicted molar refractivity (Wildman–Crippen MR) is 115 cm³/mol. The van der Waals surface area contributed by atoms with Gasteiger partial charge in [0.05, 0.1) is 36.8 Å². The average molecular weight is 485 g/mol. The minimum Gasteiger partial charge on any atom is -0.461 e. The third-order valence-corrected chi connectivity index (χ3v) is 8.76. The average Bonchev–Trinajstić information content (AvgIpc) is 3.36. The van der Waals surface area contributed by atoms with Crippen LogP contribution < -0.4 is 0 Å². The largest absolute Gasteiger partial charge is 0.461 e. The number of amides is 1. The molecular weight excluding hydrogens is 458 g/mol. The first-order chi connectivity index (χ1) is 16.5. The number of likely N-dealkylation sites (tertiary alicyclic amines) is 1. The highest BCUT2D eigenvalue weighted by atomic mass is 16.6. The van der Waals surface area contributed by atoms with E-state index in [4.69, 9.17) is 18.9 Å². The van der Waals surface area contributed by atoms with Gasteiger partial charge in [-0.3, -0.25) is 19.3 Å². The minimum atomic E-state index is -1.77. The van der Waals surface area contributed by atoms with Crippen LogP contribution in [0, 0.1) is 16.2 Å². The van der Waals surface area contributed by atoms with E-state index in [1.807, 2.05) is 0 Å². The molecule has 2 spiro atoms. The van der Waals surface area contributed by atoms with E-state index in [9.17, 15) is 24.3 Å². The molecule has 0 radical (unpaired) electrons. The van der Waals surface area contributed by atoms with E-state index in [1.54, 1.807) is 51.1 Å². The molecule has 0 bridgehead atoms. The Kier molecular flexibility index (Phi) is 4.38. The Morgan fingerprint density at radius 3 is 2.40 bits per heavy atom. The van der Waals surface area contributed by atoms with E-state index in [2.05, 4.69) is 0 Å². The van der Waals surface area contributed by atoms with Crippen LogP contribution in [0.4, 0.5) is 0 Å². The molecule has 4 heterocycles. The second-order valence-corrected chi connectivity index (χ2v) is 11.2. The summed E-state index contributed by atoms with van der Waals surface area (Å²) in [4.78, 5) is 54.8. The Morgan fingerprint density at radius 1 is 1.11 bits per heavy atom. The van der Waals surface area contributed by atoms with Gasteiger partial charge in [0.25, 0.3) is 5.91 Å². The molecule has 5 fully saturated rings. The molecule has 5 aliphatic rings. The first-order valence-electron chi connectivity index (χ1n) is 11.8. The number of esters is 3. The van der Waals surface area contributed by atoms with E-state index in [-0.39, 0.29) is 31.6 Å². The summed E-state index contributed by atoms with van der Waals surface area (Å²) in [5, 5.41) is 12.5. The highest BCUT2D eigenvalue weighted by molar-refractivity contribution is 5.99. The molecule has 1 aromatic rings. The molecule has 4 saturated heterocycles. The van der Waals surface area contributed by atoms with Crippen LogP contribution in [-0.4, -0.2) is 77.1 Å². The number of rotatable bonds is 3. The van der Waals surface area contributed by atoms with Gasteiger partial charge in [-0.15, -0.1) is 0 Å². The zero-order chi connectivity index (χ0) is 25.0. The van der Waals surface area contributed by atoms with Crippen LogP contribution in [0.5, 0.6) is 0 Å². The molecule has 10 nitrogen and oxygen atoms in total. The fraction of sp³-hybridized carbons (Fsp3) is 0.600. The molecule has 186 valence electrons. The van der Waals surface area contributed by atoms with Crippen LogP contribution in [0.1, 0.15) is 44.0 Å². The molecule has 0 unspecified atom stereocenters. The molecule has 35 heavy (non-hydrogen) atoms. The van der Waals surface area contributed by atoms with Gasteiger partial charge < -0.3 is 24.1 Å². The van der Waals surface area contributed by atoms with Gasteiger partial charge in [0.2, 0.25) is 0 Å². The lowest BCUT2D eigenvalue weighted by Gasteiger charge is -2.51. The molecule has 4 aliphatic heterocycles. The monoisotopic (exact) mass is 485 g/mol. The van der Waals surface area contributed by atoms with E-state index in [0.29, 0.717) is 0 Å². The maximum atomic E-state index is 14.0. The fourth-order valence-electron chi connectivity index (χ4n) is 7.05. The zero-order valence-corrected chi connectivity index (χ0v) is 19.7. The third-order valence-electron chi connectivity index (χ3n) is 8.76. The van der Waals surface area contributed by atoms with Crippen molar-refractivity contribution in [2.75, 3.05) is 13.2 Å². The maximum absolute atomic E-state index is 14.0. The number of carbonyl (C=O) groups is 4. The summed E-state index contributed by atoms with van der Waals surface area (Å²) in [6, 6.07) is 7.75. The van der Waals surface area contributed by atoms with Crippen LogP contribution in [0.3, 0.4) is 0 Å². The van der Waals surface area contributed by atoms with Crippen molar-refractivity contribution in [1.29, 1.82) is 0 Å². The summed E-state index contributed by atoms with van der Waals surface area (Å²) in [7, 11) is 0. The van der Waals surface area contributed by atoms with E-state index >= 15 is 0 Å². The topological polar surface area (TPSA) is 129 Å². The Bertz CT molecular complexity index is 1140. The van der Waals surface area contributed by atoms with Gasteiger partial charge in [-0.2, -0.15) is 0 Å². The molecule has 1 aromatic carbocycles. The van der Waals surface area contributed by atoms with Crippen molar-refractivity contribution >= 4 is 23.8 Å². The van der Waals surface area contributed by atoms with Crippen molar-refractivity contribution in [2.24, 2.45) is 16.2 Å². The van der Waals surface area contributed by atoms with E-state index < -0.39 is 70.1 Å². The van der Waals surface area contributed by atoms with Gasteiger partial charge >= 0.3 is 17.9 Å². The Morgan fingerprint density at radius 2 is 1.80 bits per heavy atom. The summed E-state index contributed by atoms with van der Waals surface area (Å²) >= 11 is 0. The number of hydrogen-bond acceptors (Lipinski definition) is 9. The van der Waals surface area contributed by atoms with Gasteiger partial charge in [0.1, 0.15) is 16.9 Å². The van der Waals surface area contributed by atoms with Crippen LogP contribution in [0.25, 0.3) is 0 Å². The van der Waals surface area contributed by atoms with Gasteiger partial charge in [0.15, 0.2) is 12.3 Å². The molecule has 0 aromatic heterocycles. The highest BCUT2D eigenvalue weighted by Gasteiger charge is 2.94. The number of aliphatic hydroxyl groups is 1. The second-order valence-electron chi connectivity index (χ2n) is 11.2. The lowest BCUT2D eigenvalue weighted by molar-refractivity contribution is -0.218. The fourth-order valence-corrected chi connectivity index (χ4v) is 7.05. The maximum Gasteiger partial charge on any atom is 0.338 e. The van der Waals surface area contributed by atoms with Crippen LogP contribution in [0.2, 0.25) is 0 Å². The SMILES string of the molecule is CC(C)(C)[C@]1(O)C[C@@H]2OC(=O)C[C@@]23C(=O)O[C@@H]2N(C4COC4)C(=O)[C@H](OC(=O)c4ccccc4)[C@]213. The predicted octanol–water partition coefficient (Wildman–Crippen LogP) is 0.805. The second kappa shape index (κ2) is 6.82. The van der Waals surface area contributed by atoms with Gasteiger partial charge in [-0.25, -0.2) is 4.79 Å². The molecule has 6 atom stereocenters. The smallest absolute Gasteiger partial charge is 0.338 e. The summed E-state index contributed by atoms with van der Waals surface area (Å²) in [6.07, 6.45) is -4.28. The van der Waals surface area contributed by atoms with E-state index in [1.165, 1.54) is 4.90 Å². The minimum absolute atomic E-state index is 0.0878. The molecule has 1 amide bonds. The lowest BCUT2D eigenvalue weighted by Crippen LogP contribution is -2.66. The quantitative estimate of drug-likeness (QED) is 0.488. The third kappa shape index (κ3) is 2.41. The van der Waals surface area contributed by atoms with Crippen molar-refractivity contribution in [3.63, 3.8) is 0 Å². The Labute approximate surface area is 201 Å². The summed E-state index contributed by atoms with van der Waals surface area (Å²) in [6.45, 7) is 5.79. The van der Waals surface area contributed by atoms with Crippen LogP contribution >= 0.6 is 0 Å². The normalized spacial score (nSPS) is 40.1. The highest BCUT2D eigenvalue weighted by Crippen LogP contribution is 2.76. The Balaban J connectivity index is 1.58. The molecule has 1 aliphatic carbocycles. The molecule has 6 rings (SSSR count). The van der Waals surface area contributed by atoms with Crippen molar-refractivity contribution < 1.29 is 43.2 Å². The molecular formula is C25H27NO9.